The number of carbonyl (C=O) groups is 1. The highest BCUT2D eigenvalue weighted by Crippen LogP contribution is 2.44. The van der Waals surface area contributed by atoms with Crippen molar-refractivity contribution in [2.24, 2.45) is 17.8 Å². The number of nitrogens with zero attached hydrogens (tertiary/aromatic N) is 1. The van der Waals surface area contributed by atoms with E-state index in [2.05, 4.69) is 5.32 Å². The van der Waals surface area contributed by atoms with Crippen LogP contribution in [0.3, 0.4) is 0 Å². The van der Waals surface area contributed by atoms with Crippen LogP contribution in [0.15, 0.2) is 21.7 Å². The topological polar surface area (TPSA) is 66.5 Å². The summed E-state index contributed by atoms with van der Waals surface area (Å²) in [5, 5.41) is 5.00. The molecule has 1 aromatic heterocycles. The van der Waals surface area contributed by atoms with E-state index < -0.39 is 10.0 Å². The predicted molar refractivity (Wildman–Crippen MR) is 93.2 cm³/mol. The summed E-state index contributed by atoms with van der Waals surface area (Å²) in [7, 11) is -3.45. The number of hydrogen-bond acceptors (Lipinski definition) is 4. The summed E-state index contributed by atoms with van der Waals surface area (Å²) in [6, 6.07) is 3.71. The smallest absolute Gasteiger partial charge is 0.252 e. The molecule has 24 heavy (non-hydrogen) atoms. The van der Waals surface area contributed by atoms with Crippen molar-refractivity contribution in [1.82, 2.24) is 9.62 Å². The molecule has 1 N–H and O–H groups in total. The molecule has 2 bridgehead atoms. The number of sulfonamides is 1. The lowest BCUT2D eigenvalue weighted by Crippen LogP contribution is -2.48. The maximum absolute atomic E-state index is 12.7. The Morgan fingerprint density at radius 3 is 2.79 bits per heavy atom. The highest BCUT2D eigenvalue weighted by molar-refractivity contribution is 7.91. The zero-order valence-corrected chi connectivity index (χ0v) is 15.3. The average Bonchev–Trinajstić information content (AvgIpc) is 3.32. The van der Waals surface area contributed by atoms with Crippen molar-refractivity contribution in [3.8, 4) is 0 Å². The average molecular weight is 369 g/mol. The van der Waals surface area contributed by atoms with Gasteiger partial charge in [0.25, 0.3) is 10.0 Å². The largest absolute Gasteiger partial charge is 0.353 e. The van der Waals surface area contributed by atoms with Crippen LogP contribution in [0.1, 0.15) is 38.5 Å². The highest BCUT2D eigenvalue weighted by atomic mass is 32.2. The van der Waals surface area contributed by atoms with Crippen molar-refractivity contribution < 1.29 is 13.2 Å². The molecular formula is C17H24N2O3S2. The van der Waals surface area contributed by atoms with Crippen molar-refractivity contribution >= 4 is 27.3 Å². The predicted octanol–water partition coefficient (Wildman–Crippen LogP) is 2.45. The monoisotopic (exact) mass is 368 g/mol. The second-order valence-electron chi connectivity index (χ2n) is 7.42. The van der Waals surface area contributed by atoms with E-state index in [0.717, 1.165) is 25.2 Å². The van der Waals surface area contributed by atoms with Crippen molar-refractivity contribution in [2.45, 2.75) is 48.8 Å². The van der Waals surface area contributed by atoms with Gasteiger partial charge in [0.2, 0.25) is 5.91 Å². The van der Waals surface area contributed by atoms with Gasteiger partial charge in [0.1, 0.15) is 4.21 Å². The molecule has 7 heteroatoms. The van der Waals surface area contributed by atoms with E-state index in [9.17, 15) is 13.2 Å². The van der Waals surface area contributed by atoms with E-state index in [1.54, 1.807) is 17.5 Å². The molecule has 2 saturated carbocycles. The van der Waals surface area contributed by atoms with Gasteiger partial charge in [-0.05, 0) is 55.4 Å². The Labute approximate surface area is 147 Å². The van der Waals surface area contributed by atoms with E-state index in [1.165, 1.54) is 34.9 Å². The molecule has 5 nitrogen and oxygen atoms in total. The number of piperidine rings is 1. The number of nitrogens with one attached hydrogen (secondary N) is 1. The van der Waals surface area contributed by atoms with Gasteiger partial charge in [-0.2, -0.15) is 4.31 Å². The Balaban J connectivity index is 1.40. The molecule has 0 spiro atoms. The lowest BCUT2D eigenvalue weighted by Gasteiger charge is -2.32. The van der Waals surface area contributed by atoms with Gasteiger partial charge in [-0.15, -0.1) is 11.3 Å². The number of hydrogen-bond donors (Lipinski definition) is 1. The van der Waals surface area contributed by atoms with Gasteiger partial charge in [0, 0.05) is 19.1 Å². The third-order valence-electron chi connectivity index (χ3n) is 5.91. The fourth-order valence-electron chi connectivity index (χ4n) is 4.63. The van der Waals surface area contributed by atoms with Crippen molar-refractivity contribution in [1.29, 1.82) is 0 Å². The number of rotatable bonds is 4. The van der Waals surface area contributed by atoms with Gasteiger partial charge >= 0.3 is 0 Å². The number of thiophene rings is 1. The zero-order valence-electron chi connectivity index (χ0n) is 13.7. The first-order valence-electron chi connectivity index (χ1n) is 8.88. The summed E-state index contributed by atoms with van der Waals surface area (Å²) in [4.78, 5) is 12.7. The van der Waals surface area contributed by atoms with Crippen LogP contribution in [0.25, 0.3) is 0 Å². The molecule has 1 aliphatic heterocycles. The van der Waals surface area contributed by atoms with Crippen LogP contribution in [0.2, 0.25) is 0 Å². The molecule has 1 saturated heterocycles. The van der Waals surface area contributed by atoms with Gasteiger partial charge in [-0.1, -0.05) is 12.5 Å². The maximum atomic E-state index is 12.7. The molecule has 132 valence electrons. The van der Waals surface area contributed by atoms with Crippen LogP contribution >= 0.6 is 11.3 Å². The summed E-state index contributed by atoms with van der Waals surface area (Å²) >= 11 is 1.24. The normalized spacial score (nSPS) is 33.7. The number of fused-ring (bicyclic) bond motifs is 2. The summed E-state index contributed by atoms with van der Waals surface area (Å²) in [5.41, 5.74) is 0. The van der Waals surface area contributed by atoms with E-state index in [0.29, 0.717) is 29.3 Å². The van der Waals surface area contributed by atoms with Crippen LogP contribution in [-0.4, -0.2) is 37.8 Å². The fourth-order valence-corrected chi connectivity index (χ4v) is 7.30. The van der Waals surface area contributed by atoms with Crippen molar-refractivity contribution in [3.05, 3.63) is 17.5 Å². The van der Waals surface area contributed by atoms with Crippen LogP contribution < -0.4 is 5.32 Å². The van der Waals surface area contributed by atoms with Gasteiger partial charge in [-0.3, -0.25) is 4.79 Å². The summed E-state index contributed by atoms with van der Waals surface area (Å²) in [6.45, 7) is 0.824. The van der Waals surface area contributed by atoms with E-state index >= 15 is 0 Å². The van der Waals surface area contributed by atoms with Crippen LogP contribution in [-0.2, 0) is 14.8 Å². The Kier molecular flexibility index (Phi) is 4.43. The minimum absolute atomic E-state index is 0.0543. The molecule has 0 unspecified atom stereocenters. The second kappa shape index (κ2) is 6.42. The van der Waals surface area contributed by atoms with Gasteiger partial charge in [0.15, 0.2) is 0 Å². The first-order chi connectivity index (χ1) is 11.5. The fraction of sp³-hybridized carbons (Fsp3) is 0.706. The lowest BCUT2D eigenvalue weighted by molar-refractivity contribution is -0.127. The standard InChI is InChI=1S/C17H24N2O3S2/c20-17(18-15-10-12-5-6-13(15)9-12)14-3-1-7-19(11-14)24(21,22)16-4-2-8-23-16/h2,4,8,12-15H,1,3,5-7,9-11H2,(H,18,20)/t12-,13-,14+,15-/m0/s1. The van der Waals surface area contributed by atoms with Crippen LogP contribution in [0.4, 0.5) is 0 Å². The van der Waals surface area contributed by atoms with Gasteiger partial charge < -0.3 is 5.32 Å². The highest BCUT2D eigenvalue weighted by Gasteiger charge is 2.41. The summed E-state index contributed by atoms with van der Waals surface area (Å²) in [5.74, 6) is 1.28. The lowest BCUT2D eigenvalue weighted by atomic mass is 9.93. The first-order valence-corrected chi connectivity index (χ1v) is 11.2. The molecule has 4 rings (SSSR count). The van der Waals surface area contributed by atoms with Gasteiger partial charge in [-0.25, -0.2) is 8.42 Å². The SMILES string of the molecule is O=C(N[C@H]1C[C@H]2CC[C@H]1C2)[C@@H]1CCCN(S(=O)(=O)c2cccs2)C1. The summed E-state index contributed by atoms with van der Waals surface area (Å²) < 4.78 is 27.2. The Morgan fingerprint density at radius 2 is 2.12 bits per heavy atom. The van der Waals surface area contributed by atoms with Crippen molar-refractivity contribution in [2.75, 3.05) is 13.1 Å². The minimum Gasteiger partial charge on any atom is -0.353 e. The molecule has 2 heterocycles. The third-order valence-corrected chi connectivity index (χ3v) is 9.15. The molecule has 3 fully saturated rings. The third kappa shape index (κ3) is 3.02. The second-order valence-corrected chi connectivity index (χ2v) is 10.5. The Morgan fingerprint density at radius 1 is 1.25 bits per heavy atom. The molecule has 1 aromatic rings. The Bertz CT molecular complexity index is 701. The molecule has 3 aliphatic rings. The summed E-state index contributed by atoms with van der Waals surface area (Å²) in [6.07, 6.45) is 6.45. The van der Waals surface area contributed by atoms with Gasteiger partial charge in [0.05, 0.1) is 5.92 Å². The molecule has 2 aliphatic carbocycles. The molecule has 1 amide bonds. The molecule has 4 atom stereocenters. The van der Waals surface area contributed by atoms with Crippen molar-refractivity contribution in [3.63, 3.8) is 0 Å². The number of carbonyl (C=O) groups excluding carboxylic acids is 1. The van der Waals surface area contributed by atoms with E-state index in [4.69, 9.17) is 0 Å². The molecule has 0 aromatic carbocycles. The molecule has 0 radical (unpaired) electrons. The number of amides is 1. The maximum Gasteiger partial charge on any atom is 0.252 e. The minimum atomic E-state index is -3.45. The van der Waals surface area contributed by atoms with E-state index in [-0.39, 0.29) is 11.8 Å². The zero-order chi connectivity index (χ0) is 16.7. The molecular weight excluding hydrogens is 344 g/mol. The first kappa shape index (κ1) is 16.5. The quantitative estimate of drug-likeness (QED) is 0.888. The van der Waals surface area contributed by atoms with Crippen LogP contribution in [0.5, 0.6) is 0 Å². The Hall–Kier alpha value is -0.920. The van der Waals surface area contributed by atoms with E-state index in [1.807, 2.05) is 0 Å². The van der Waals surface area contributed by atoms with Crippen LogP contribution in [0, 0.1) is 17.8 Å².